The van der Waals surface area contributed by atoms with Crippen molar-refractivity contribution in [2.24, 2.45) is 0 Å². The second-order valence-electron chi connectivity index (χ2n) is 18.8. The van der Waals surface area contributed by atoms with E-state index in [0.29, 0.717) is 17.2 Å². The molecule has 3 aromatic heterocycles. The standard InChI is InChI=1S/C65H46N4O.Pt/c1-65(2,3)45-34-35-66-64(38-45)69-59-29-14-13-28-55(59)56-33-32-48(40-63(56)69)70-47-21-17-20-46(39-47)67-42-68(61-31-16-15-30-60(61)67)62-41-58-54-27-12-10-25-52(54)50-23-8-7-22-49(50)51-24-9-11-26-53(51)57(58)37-44(62)36-43-18-5-4-6-19-43;/h4-35,37-38,41H,36H2,1-3H3;/q-2;/i4D,5D,6D,18D,19D;. The molecule has 0 amide bonds. The number of para-hydroxylation sites is 3. The molecule has 5 nitrogen and oxygen atoms in total. The second kappa shape index (κ2) is 17.7. The first-order valence-electron chi connectivity index (χ1n) is 26.0. The average Bonchev–Trinajstić information content (AvgIpc) is 4.13. The van der Waals surface area contributed by atoms with Crippen molar-refractivity contribution in [3.63, 3.8) is 0 Å². The number of hydrogen-bond donors (Lipinski definition) is 0. The molecule has 0 unspecified atom stereocenters. The van der Waals surface area contributed by atoms with E-state index in [0.717, 1.165) is 94.4 Å². The summed E-state index contributed by atoms with van der Waals surface area (Å²) in [5, 5.41) is 2.13. The third kappa shape index (κ3) is 7.69. The van der Waals surface area contributed by atoms with Gasteiger partial charge in [-0.2, -0.15) is 18.2 Å². The summed E-state index contributed by atoms with van der Waals surface area (Å²) >= 11 is 0. The minimum absolute atomic E-state index is 0. The zero-order valence-electron chi connectivity index (χ0n) is 44.0. The molecule has 71 heavy (non-hydrogen) atoms. The molecule has 12 aromatic rings. The molecule has 0 radical (unpaired) electrons. The van der Waals surface area contributed by atoms with Crippen LogP contribution in [-0.2, 0) is 32.9 Å². The Balaban J connectivity index is 0.00000582. The molecule has 0 fully saturated rings. The molecule has 1 aliphatic rings. The number of ether oxygens (including phenoxy) is 1. The van der Waals surface area contributed by atoms with Gasteiger partial charge in [0.15, 0.2) is 0 Å². The predicted molar refractivity (Wildman–Crippen MR) is 283 cm³/mol. The van der Waals surface area contributed by atoms with Crippen molar-refractivity contribution >= 4 is 32.8 Å². The fraction of sp³-hybridized carbons (Fsp3) is 0.0769. The summed E-state index contributed by atoms with van der Waals surface area (Å²) in [6.45, 7) is 6.61. The number of imidazole rings is 1. The summed E-state index contributed by atoms with van der Waals surface area (Å²) in [5.41, 5.74) is 15.4. The number of pyridine rings is 1. The molecule has 0 saturated heterocycles. The Morgan fingerprint density at radius 2 is 1.18 bits per heavy atom. The Labute approximate surface area is 435 Å². The van der Waals surface area contributed by atoms with Gasteiger partial charge in [0.1, 0.15) is 5.82 Å². The zero-order valence-corrected chi connectivity index (χ0v) is 41.3. The number of rotatable bonds is 7. The van der Waals surface area contributed by atoms with Crippen LogP contribution in [0, 0.1) is 18.5 Å². The summed E-state index contributed by atoms with van der Waals surface area (Å²) in [6.07, 6.45) is 5.62. The monoisotopic (exact) mass is 1100 g/mol. The Kier molecular flexibility index (Phi) is 9.64. The summed E-state index contributed by atoms with van der Waals surface area (Å²) < 4.78 is 56.7. The Morgan fingerprint density at radius 1 is 0.577 bits per heavy atom. The van der Waals surface area contributed by atoms with E-state index >= 15 is 0 Å². The predicted octanol–water partition coefficient (Wildman–Crippen LogP) is 15.5. The van der Waals surface area contributed by atoms with E-state index in [4.69, 9.17) is 16.6 Å². The van der Waals surface area contributed by atoms with Crippen molar-refractivity contribution in [3.05, 3.63) is 247 Å². The van der Waals surface area contributed by atoms with E-state index in [9.17, 15) is 0 Å². The molecule has 0 saturated carbocycles. The van der Waals surface area contributed by atoms with E-state index in [1.807, 2.05) is 82.1 Å². The number of fused-ring (bicyclic) bond motifs is 12. The van der Waals surface area contributed by atoms with Gasteiger partial charge < -0.3 is 13.9 Å². The fourth-order valence-electron chi connectivity index (χ4n) is 10.2. The van der Waals surface area contributed by atoms with Gasteiger partial charge in [-0.25, -0.2) is 4.98 Å². The Bertz CT molecular complexity index is 4300. The van der Waals surface area contributed by atoms with Crippen LogP contribution in [0.2, 0.25) is 0 Å². The van der Waals surface area contributed by atoms with E-state index in [1.54, 1.807) is 0 Å². The quantitative estimate of drug-likeness (QED) is 0.118. The maximum Gasteiger partial charge on any atom is 0.268 e. The zero-order chi connectivity index (χ0) is 51.3. The molecule has 1 aliphatic carbocycles. The topological polar surface area (TPSA) is 35.9 Å². The molecule has 0 bridgehead atoms. The molecule has 0 N–H and O–H groups in total. The maximum atomic E-state index is 9.08. The van der Waals surface area contributed by atoms with Gasteiger partial charge in [-0.15, -0.1) is 29.7 Å². The molecular formula is C65H46N4OPt-2. The number of nitrogens with zero attached hydrogens (tertiary/aromatic N) is 4. The fourth-order valence-corrected chi connectivity index (χ4v) is 10.2. The summed E-state index contributed by atoms with van der Waals surface area (Å²) in [7, 11) is 0. The number of benzene rings is 9. The average molecular weight is 1100 g/mol. The van der Waals surface area contributed by atoms with Crippen molar-refractivity contribution in [3.8, 4) is 73.2 Å². The normalized spacial score (nSPS) is 12.8. The first kappa shape index (κ1) is 38.7. The van der Waals surface area contributed by atoms with Crippen molar-refractivity contribution in [2.75, 3.05) is 0 Å². The van der Waals surface area contributed by atoms with Gasteiger partial charge in [0, 0.05) is 44.3 Å². The minimum Gasteiger partial charge on any atom is -0.510 e. The van der Waals surface area contributed by atoms with E-state index in [2.05, 4.69) is 153 Å². The van der Waals surface area contributed by atoms with Crippen molar-refractivity contribution in [1.82, 2.24) is 14.1 Å². The number of hydrogen-bond acceptors (Lipinski definition) is 2. The minimum atomic E-state index is -0.426. The Morgan fingerprint density at radius 3 is 1.87 bits per heavy atom. The summed E-state index contributed by atoms with van der Waals surface area (Å²) in [5.74, 6) is 1.81. The van der Waals surface area contributed by atoms with Crippen LogP contribution in [0.3, 0.4) is 0 Å². The summed E-state index contributed by atoms with van der Waals surface area (Å²) in [4.78, 5) is 4.85. The van der Waals surface area contributed by atoms with Crippen molar-refractivity contribution in [2.45, 2.75) is 32.6 Å². The molecule has 9 aromatic carbocycles. The van der Waals surface area contributed by atoms with E-state index in [1.165, 1.54) is 5.56 Å². The van der Waals surface area contributed by atoms with Gasteiger partial charge in [-0.1, -0.05) is 178 Å². The van der Waals surface area contributed by atoms with E-state index in [-0.39, 0.29) is 62.6 Å². The maximum absolute atomic E-state index is 9.08. The first-order valence-corrected chi connectivity index (χ1v) is 23.5. The van der Waals surface area contributed by atoms with Gasteiger partial charge in [-0.3, -0.25) is 4.57 Å². The van der Waals surface area contributed by atoms with Crippen LogP contribution in [0.5, 0.6) is 11.5 Å². The van der Waals surface area contributed by atoms with Crippen LogP contribution in [-0.4, -0.2) is 14.1 Å². The largest absolute Gasteiger partial charge is 0.510 e. The smallest absolute Gasteiger partial charge is 0.268 e. The Hall–Kier alpha value is -8.11. The van der Waals surface area contributed by atoms with Gasteiger partial charge >= 0.3 is 0 Å². The molecular weight excluding hydrogens is 1050 g/mol. The van der Waals surface area contributed by atoms with Crippen LogP contribution in [0.15, 0.2) is 212 Å². The van der Waals surface area contributed by atoms with Gasteiger partial charge in [0.05, 0.1) is 23.6 Å². The van der Waals surface area contributed by atoms with Crippen LogP contribution < -0.4 is 9.30 Å². The molecule has 344 valence electrons. The van der Waals surface area contributed by atoms with E-state index < -0.39 is 6.04 Å². The van der Waals surface area contributed by atoms with Gasteiger partial charge in [0.2, 0.25) is 0 Å². The van der Waals surface area contributed by atoms with Crippen LogP contribution in [0.1, 0.15) is 44.3 Å². The molecule has 0 aliphatic heterocycles. The molecule has 0 spiro atoms. The number of aromatic nitrogens is 4. The molecule has 6 heteroatoms. The van der Waals surface area contributed by atoms with Crippen molar-refractivity contribution < 1.29 is 37.2 Å². The van der Waals surface area contributed by atoms with Crippen LogP contribution in [0.4, 0.5) is 0 Å². The van der Waals surface area contributed by atoms with Gasteiger partial charge in [0.25, 0.3) is 6.33 Å². The van der Waals surface area contributed by atoms with Gasteiger partial charge in [-0.05, 0) is 108 Å². The molecule has 0 atom stereocenters. The van der Waals surface area contributed by atoms with Crippen LogP contribution in [0.25, 0.3) is 94.5 Å². The second-order valence-corrected chi connectivity index (χ2v) is 18.8. The SMILES string of the molecule is [2H]c1c([2H])c([2H])c(Cc2cc3c(cc2-[n+]2[c-]n(-c4[c-]c(Oc5[c-]c6c(cc5)c5ccccc5n6-c5cc(C(C)(C)C)ccn5)ccc4)c4ccccc42)-c2ccccc2-c2ccccc2-c2ccccc2-3)c([2H])c1[2H].[Pt]. The third-order valence-electron chi connectivity index (χ3n) is 13.5. The van der Waals surface area contributed by atoms with Crippen LogP contribution >= 0.6 is 0 Å². The first-order chi connectivity index (χ1) is 36.4. The molecule has 3 heterocycles. The van der Waals surface area contributed by atoms with Crippen molar-refractivity contribution in [1.29, 1.82) is 0 Å². The summed E-state index contributed by atoms with van der Waals surface area (Å²) in [6, 6.07) is 65.6. The molecule has 13 rings (SSSR count). The third-order valence-corrected chi connectivity index (χ3v) is 13.5.